The van der Waals surface area contributed by atoms with Crippen molar-refractivity contribution in [3.8, 4) is 0 Å². The molecule has 0 saturated carbocycles. The number of hydrogen-bond donors (Lipinski definition) is 5. The van der Waals surface area contributed by atoms with Gasteiger partial charge in [-0.15, -0.1) is 0 Å². The predicted octanol–water partition coefficient (Wildman–Crippen LogP) is 5.42. The smallest absolute Gasteiger partial charge is 0.295 e. The molecule has 0 spiro atoms. The van der Waals surface area contributed by atoms with Crippen molar-refractivity contribution in [1.29, 1.82) is 0 Å². The fraction of sp³-hybridized carbons (Fsp3) is 0.483. The second-order valence-electron chi connectivity index (χ2n) is 22.3. The van der Waals surface area contributed by atoms with Crippen LogP contribution in [0.4, 0.5) is 11.4 Å². The zero-order chi connectivity index (χ0) is 66.2. The summed E-state index contributed by atoms with van der Waals surface area (Å²) in [6, 6.07) is 9.18. The van der Waals surface area contributed by atoms with E-state index in [9.17, 15) is 79.2 Å². The van der Waals surface area contributed by atoms with E-state index < -0.39 is 111 Å². The molecule has 4 aromatic carbocycles. The monoisotopic (exact) mass is 1360 g/mol. The summed E-state index contributed by atoms with van der Waals surface area (Å²) >= 11 is 0. The Morgan fingerprint density at radius 2 is 1.10 bits per heavy atom. The average molecular weight is 1360 g/mol. The number of amides is 2. The fourth-order valence-corrected chi connectivity index (χ4v) is 14.6. The van der Waals surface area contributed by atoms with Crippen LogP contribution in [-0.2, 0) is 104 Å². The SMILES string of the molecule is COCCOCCOCCOCCOCCOCCN1C(=CC=C(C)C=CC2=[N+](CCCC(=O)CN3C(=O)CCC3=O)c3ccc4c(S(=O)(=O)O)cc(S(=O)(=O)O)cc4c3C2(C)C)C(C)(CCCS(=O)(=O)O)c2c1ccc1c(S(=O)(=O)O)cc(S(=O)(=O)O)cc21. The number of carbonyl (C=O) groups excluding carboxylic acids is 3. The van der Waals surface area contributed by atoms with E-state index in [0.717, 1.165) is 17.0 Å². The second-order valence-corrected chi connectivity index (χ2v) is 29.4. The van der Waals surface area contributed by atoms with Gasteiger partial charge in [-0.25, -0.2) is 0 Å². The lowest BCUT2D eigenvalue weighted by atomic mass is 9.75. The second kappa shape index (κ2) is 29.4. The minimum atomic E-state index is -5.18. The number of Topliss-reactive ketones (excluding diaryl/α,β-unsaturated/α-hetero) is 1. The Bertz CT molecular complexity index is 4130. The molecular formula is C58H74N3O24S5+. The van der Waals surface area contributed by atoms with Crippen LogP contribution in [0.25, 0.3) is 21.5 Å². The first kappa shape index (κ1) is 71.6. The molecule has 0 radical (unpaired) electrons. The molecule has 0 bridgehead atoms. The summed E-state index contributed by atoms with van der Waals surface area (Å²) in [5.41, 5.74) is 0.354. The van der Waals surface area contributed by atoms with Gasteiger partial charge in [0.2, 0.25) is 17.5 Å². The molecule has 4 aromatic rings. The third kappa shape index (κ3) is 17.5. The molecule has 0 aromatic heterocycles. The van der Waals surface area contributed by atoms with Gasteiger partial charge in [-0.1, -0.05) is 23.8 Å². The first-order valence-corrected chi connectivity index (χ1v) is 35.8. The minimum Gasteiger partial charge on any atom is -0.382 e. The van der Waals surface area contributed by atoms with E-state index in [4.69, 9.17) is 28.4 Å². The van der Waals surface area contributed by atoms with Crippen molar-refractivity contribution >= 4 is 107 Å². The lowest BCUT2D eigenvalue weighted by Gasteiger charge is -2.31. The van der Waals surface area contributed by atoms with Gasteiger partial charge in [-0.2, -0.15) is 46.7 Å². The minimum absolute atomic E-state index is 0.00988. The van der Waals surface area contributed by atoms with Crippen molar-refractivity contribution in [3.63, 3.8) is 0 Å². The molecule has 0 aliphatic carbocycles. The number of imide groups is 1. The number of ketones is 1. The summed E-state index contributed by atoms with van der Waals surface area (Å²) in [6.45, 7) is 9.91. The van der Waals surface area contributed by atoms with Gasteiger partial charge in [0.1, 0.15) is 16.3 Å². The third-order valence-electron chi connectivity index (χ3n) is 15.6. The van der Waals surface area contributed by atoms with Crippen LogP contribution in [0.5, 0.6) is 0 Å². The molecule has 5 N–H and O–H groups in total. The molecular weight excluding hydrogens is 1280 g/mol. The molecule has 3 aliphatic rings. The van der Waals surface area contributed by atoms with E-state index in [2.05, 4.69) is 0 Å². The van der Waals surface area contributed by atoms with Crippen molar-refractivity contribution in [2.45, 2.75) is 96.6 Å². The van der Waals surface area contributed by atoms with Crippen LogP contribution in [0.3, 0.4) is 0 Å². The number of nitrogens with zero attached hydrogens (tertiary/aromatic N) is 3. The lowest BCUT2D eigenvalue weighted by molar-refractivity contribution is -0.438. The lowest BCUT2D eigenvalue weighted by Crippen LogP contribution is -2.34. The van der Waals surface area contributed by atoms with Gasteiger partial charge >= 0.3 is 0 Å². The fourth-order valence-electron chi connectivity index (χ4n) is 11.4. The van der Waals surface area contributed by atoms with Gasteiger partial charge < -0.3 is 33.3 Å². The topological polar surface area (TPSA) is 388 Å². The predicted molar refractivity (Wildman–Crippen MR) is 327 cm³/mol. The summed E-state index contributed by atoms with van der Waals surface area (Å²) in [4.78, 5) is 37.3. The number of anilines is 1. The van der Waals surface area contributed by atoms with Crippen LogP contribution < -0.4 is 4.90 Å². The number of ether oxygens (including phenoxy) is 6. The molecule has 1 saturated heterocycles. The van der Waals surface area contributed by atoms with Crippen molar-refractivity contribution < 1.29 is 112 Å². The van der Waals surface area contributed by atoms with Gasteiger partial charge in [0, 0.05) is 84.6 Å². The Balaban J connectivity index is 1.26. The number of hydrogen-bond acceptors (Lipinski definition) is 20. The zero-order valence-corrected chi connectivity index (χ0v) is 54.2. The standard InChI is InChI=1S/C58H73N3O24S5/c1-39(9-15-51-57(2,3)55-45-34-41(87(68,69)70)36-49(89(74,75)76)43(45)11-13-47(55)59(51)20-6-8-40(62)38-61-53(63)17-18-54(61)64)10-16-52-58(4,19-7-33-86(65,66)67)56-46-35-42(88(71,72)73)37-50(90(77,78)79)44(46)12-14-48(56)60(52)21-22-81-25-26-83-29-30-85-32-31-84-28-27-82-24-23-80-5/h9-16,34-37H,6-8,17-33,38H2,1-5H3,(H4-,65,66,67,68,69,70,71,72,73,74,75,76,77,78,79)/p+1. The Labute approximate surface area is 523 Å². The summed E-state index contributed by atoms with van der Waals surface area (Å²) in [7, 11) is -23.5. The molecule has 1 unspecified atom stereocenters. The average Bonchev–Trinajstić information content (AvgIpc) is 1.51. The van der Waals surface area contributed by atoms with E-state index in [1.165, 1.54) is 18.2 Å². The van der Waals surface area contributed by atoms with Crippen LogP contribution in [0.2, 0.25) is 0 Å². The molecule has 27 nitrogen and oxygen atoms in total. The Morgan fingerprint density at radius 3 is 1.59 bits per heavy atom. The van der Waals surface area contributed by atoms with Crippen LogP contribution in [-0.4, -0.2) is 203 Å². The molecule has 3 aliphatic heterocycles. The molecule has 494 valence electrons. The largest absolute Gasteiger partial charge is 0.382 e. The van der Waals surface area contributed by atoms with E-state index in [-0.39, 0.29) is 112 Å². The number of carbonyl (C=O) groups is 3. The summed E-state index contributed by atoms with van der Waals surface area (Å²) in [5, 5.41) is -0.231. The number of fused-ring (bicyclic) bond motifs is 6. The van der Waals surface area contributed by atoms with Crippen LogP contribution in [0, 0.1) is 0 Å². The van der Waals surface area contributed by atoms with Crippen molar-refractivity contribution in [2.75, 3.05) is 110 Å². The van der Waals surface area contributed by atoms with Gasteiger partial charge in [0.15, 0.2) is 11.5 Å². The highest BCUT2D eigenvalue weighted by Gasteiger charge is 2.48. The Morgan fingerprint density at radius 1 is 0.611 bits per heavy atom. The van der Waals surface area contributed by atoms with Crippen LogP contribution >= 0.6 is 0 Å². The first-order valence-electron chi connectivity index (χ1n) is 28.4. The Kier molecular flexibility index (Phi) is 23.4. The maximum atomic E-state index is 13.3. The number of likely N-dealkylation sites (tertiary alicyclic amines) is 1. The number of methoxy groups -OCH3 is 1. The van der Waals surface area contributed by atoms with Crippen LogP contribution in [0.15, 0.2) is 104 Å². The molecule has 90 heavy (non-hydrogen) atoms. The van der Waals surface area contributed by atoms with E-state index >= 15 is 0 Å². The third-order valence-corrected chi connectivity index (χ3v) is 19.8. The Hall–Kier alpha value is -5.79. The maximum Gasteiger partial charge on any atom is 0.295 e. The van der Waals surface area contributed by atoms with Gasteiger partial charge in [0.05, 0.1) is 100 Å². The molecule has 1 fully saturated rings. The van der Waals surface area contributed by atoms with Crippen molar-refractivity contribution in [1.82, 2.24) is 4.90 Å². The summed E-state index contributed by atoms with van der Waals surface area (Å²) in [6.07, 6.45) is 6.56. The van der Waals surface area contributed by atoms with Crippen LogP contribution in [0.1, 0.15) is 77.3 Å². The maximum absolute atomic E-state index is 13.3. The van der Waals surface area contributed by atoms with Gasteiger partial charge in [-0.05, 0) is 99.3 Å². The number of benzene rings is 4. The molecule has 2 amide bonds. The number of rotatable bonds is 35. The highest BCUT2D eigenvalue weighted by molar-refractivity contribution is 7.87. The quantitative estimate of drug-likeness (QED) is 0.0126. The summed E-state index contributed by atoms with van der Waals surface area (Å²) < 4.78 is 213. The highest BCUT2D eigenvalue weighted by atomic mass is 32.2. The van der Waals surface area contributed by atoms with E-state index in [1.807, 2.05) is 4.58 Å². The molecule has 3 heterocycles. The van der Waals surface area contributed by atoms with E-state index in [1.54, 1.807) is 70.1 Å². The zero-order valence-electron chi connectivity index (χ0n) is 50.2. The summed E-state index contributed by atoms with van der Waals surface area (Å²) in [5.74, 6) is -2.06. The van der Waals surface area contributed by atoms with Gasteiger partial charge in [-0.3, -0.25) is 42.0 Å². The highest BCUT2D eigenvalue weighted by Crippen LogP contribution is 2.54. The van der Waals surface area contributed by atoms with Gasteiger partial charge in [0.25, 0.3) is 50.6 Å². The van der Waals surface area contributed by atoms with Crippen molar-refractivity contribution in [3.05, 3.63) is 95.2 Å². The number of allylic oxidation sites excluding steroid dienone is 6. The molecule has 7 rings (SSSR count). The van der Waals surface area contributed by atoms with Crippen molar-refractivity contribution in [2.24, 2.45) is 0 Å². The first-order chi connectivity index (χ1) is 42.1. The molecule has 32 heteroatoms. The van der Waals surface area contributed by atoms with E-state index in [0.29, 0.717) is 85.7 Å². The normalized spacial score (nSPS) is 18.0. The molecule has 1 atom stereocenters.